The summed E-state index contributed by atoms with van der Waals surface area (Å²) in [6.07, 6.45) is 4.03. The second-order valence-electron chi connectivity index (χ2n) is 4.69. The van der Waals surface area contributed by atoms with E-state index in [9.17, 15) is 0 Å². The number of likely N-dealkylation sites (N-methyl/N-ethyl adjacent to an activating group) is 1. The minimum absolute atomic E-state index is 0.371. The predicted octanol–water partition coefficient (Wildman–Crippen LogP) is 0.823. The van der Waals surface area contributed by atoms with Crippen molar-refractivity contribution in [3.8, 4) is 0 Å². The molecule has 1 N–H and O–H groups in total. The predicted molar refractivity (Wildman–Crippen MR) is 63.4 cm³/mol. The summed E-state index contributed by atoms with van der Waals surface area (Å²) in [4.78, 5) is 2.56. The fraction of sp³-hybridized carbons (Fsp3) is 1.00. The molecule has 0 radical (unpaired) electrons. The van der Waals surface area contributed by atoms with E-state index >= 15 is 0 Å². The lowest BCUT2D eigenvalue weighted by atomic mass is 10.0. The van der Waals surface area contributed by atoms with Gasteiger partial charge in [0.25, 0.3) is 0 Å². The van der Waals surface area contributed by atoms with Gasteiger partial charge in [0.05, 0.1) is 12.7 Å². The van der Waals surface area contributed by atoms with Crippen molar-refractivity contribution in [1.82, 2.24) is 10.2 Å². The largest absolute Gasteiger partial charge is 0.355 e. The molecule has 2 rings (SSSR count). The van der Waals surface area contributed by atoms with Crippen LogP contribution < -0.4 is 5.32 Å². The van der Waals surface area contributed by atoms with Gasteiger partial charge >= 0.3 is 0 Å². The third kappa shape index (κ3) is 3.42. The van der Waals surface area contributed by atoms with Crippen LogP contribution in [-0.2, 0) is 9.47 Å². The van der Waals surface area contributed by atoms with Gasteiger partial charge in [-0.1, -0.05) is 6.92 Å². The average Bonchev–Trinajstić information content (AvgIpc) is 2.38. The third-order valence-corrected chi connectivity index (χ3v) is 3.60. The first-order valence-electron chi connectivity index (χ1n) is 6.54. The van der Waals surface area contributed by atoms with Gasteiger partial charge in [-0.25, -0.2) is 0 Å². The molecule has 0 aromatic carbocycles. The van der Waals surface area contributed by atoms with Crippen LogP contribution in [0.3, 0.4) is 0 Å². The summed E-state index contributed by atoms with van der Waals surface area (Å²) in [6, 6.07) is 0.699. The average molecular weight is 228 g/mol. The molecular formula is C12H24N2O2. The van der Waals surface area contributed by atoms with Gasteiger partial charge in [-0.15, -0.1) is 0 Å². The van der Waals surface area contributed by atoms with Gasteiger partial charge in [0.1, 0.15) is 6.79 Å². The molecule has 4 heteroatoms. The highest BCUT2D eigenvalue weighted by atomic mass is 16.7. The number of hydrogen-bond acceptors (Lipinski definition) is 4. The molecule has 2 heterocycles. The molecule has 4 nitrogen and oxygen atoms in total. The molecular weight excluding hydrogens is 204 g/mol. The summed E-state index contributed by atoms with van der Waals surface area (Å²) < 4.78 is 10.8. The Kier molecular flexibility index (Phi) is 5.03. The zero-order valence-corrected chi connectivity index (χ0v) is 10.3. The quantitative estimate of drug-likeness (QED) is 0.772. The lowest BCUT2D eigenvalue weighted by Gasteiger charge is -2.36. The lowest BCUT2D eigenvalue weighted by molar-refractivity contribution is -0.146. The SMILES string of the molecule is CCN(CC1CCOCO1)C1CCCNC1. The van der Waals surface area contributed by atoms with E-state index in [1.807, 2.05) is 0 Å². The van der Waals surface area contributed by atoms with E-state index in [4.69, 9.17) is 9.47 Å². The van der Waals surface area contributed by atoms with Crippen LogP contribution >= 0.6 is 0 Å². The highest BCUT2D eigenvalue weighted by Gasteiger charge is 2.24. The molecule has 2 atom stereocenters. The van der Waals surface area contributed by atoms with Gasteiger partial charge in [0, 0.05) is 19.1 Å². The van der Waals surface area contributed by atoms with Crippen LogP contribution in [0.15, 0.2) is 0 Å². The Morgan fingerprint density at radius 2 is 2.31 bits per heavy atom. The lowest BCUT2D eigenvalue weighted by Crippen LogP contribution is -2.49. The van der Waals surface area contributed by atoms with E-state index in [1.54, 1.807) is 0 Å². The smallest absolute Gasteiger partial charge is 0.147 e. The van der Waals surface area contributed by atoms with E-state index in [1.165, 1.54) is 19.4 Å². The van der Waals surface area contributed by atoms with Gasteiger partial charge in [-0.2, -0.15) is 0 Å². The Morgan fingerprint density at radius 1 is 1.38 bits per heavy atom. The van der Waals surface area contributed by atoms with Crippen LogP contribution in [-0.4, -0.2) is 56.6 Å². The molecule has 0 bridgehead atoms. The molecule has 16 heavy (non-hydrogen) atoms. The Morgan fingerprint density at radius 3 is 2.94 bits per heavy atom. The fourth-order valence-electron chi connectivity index (χ4n) is 2.59. The Balaban J connectivity index is 1.78. The van der Waals surface area contributed by atoms with Crippen molar-refractivity contribution in [1.29, 1.82) is 0 Å². The van der Waals surface area contributed by atoms with Crippen LogP contribution in [0.1, 0.15) is 26.2 Å². The topological polar surface area (TPSA) is 33.7 Å². The molecule has 2 unspecified atom stereocenters. The molecule has 2 aliphatic rings. The fourth-order valence-corrected chi connectivity index (χ4v) is 2.59. The minimum atomic E-state index is 0.371. The van der Waals surface area contributed by atoms with E-state index in [2.05, 4.69) is 17.1 Å². The molecule has 0 saturated carbocycles. The molecule has 0 amide bonds. The van der Waals surface area contributed by atoms with Gasteiger partial charge < -0.3 is 14.8 Å². The van der Waals surface area contributed by atoms with Crippen LogP contribution in [0.5, 0.6) is 0 Å². The van der Waals surface area contributed by atoms with Crippen LogP contribution in [0, 0.1) is 0 Å². The first kappa shape index (κ1) is 12.3. The van der Waals surface area contributed by atoms with E-state index in [-0.39, 0.29) is 0 Å². The van der Waals surface area contributed by atoms with E-state index in [0.29, 0.717) is 18.9 Å². The Labute approximate surface area is 98.3 Å². The van der Waals surface area contributed by atoms with Crippen molar-refractivity contribution in [3.63, 3.8) is 0 Å². The summed E-state index contributed by atoms with van der Waals surface area (Å²) >= 11 is 0. The zero-order chi connectivity index (χ0) is 11.2. The van der Waals surface area contributed by atoms with Crippen molar-refractivity contribution in [3.05, 3.63) is 0 Å². The second kappa shape index (κ2) is 6.55. The summed E-state index contributed by atoms with van der Waals surface area (Å²) in [5.41, 5.74) is 0. The molecule has 94 valence electrons. The second-order valence-corrected chi connectivity index (χ2v) is 4.69. The summed E-state index contributed by atoms with van der Waals surface area (Å²) in [5.74, 6) is 0. The molecule has 0 spiro atoms. The maximum absolute atomic E-state index is 5.62. The number of hydrogen-bond donors (Lipinski definition) is 1. The first-order valence-corrected chi connectivity index (χ1v) is 6.54. The molecule has 2 fully saturated rings. The highest BCUT2D eigenvalue weighted by molar-refractivity contribution is 4.80. The van der Waals surface area contributed by atoms with E-state index in [0.717, 1.165) is 32.7 Å². The monoisotopic (exact) mass is 228 g/mol. The van der Waals surface area contributed by atoms with Crippen LogP contribution in [0.4, 0.5) is 0 Å². The number of piperidine rings is 1. The van der Waals surface area contributed by atoms with Crippen molar-refractivity contribution in [2.24, 2.45) is 0 Å². The standard InChI is InChI=1S/C12H24N2O2/c1-2-14(11-4-3-6-13-8-11)9-12-5-7-15-10-16-12/h11-13H,2-10H2,1H3. The van der Waals surface area contributed by atoms with Crippen molar-refractivity contribution >= 4 is 0 Å². The number of nitrogens with zero attached hydrogens (tertiary/aromatic N) is 1. The van der Waals surface area contributed by atoms with Crippen LogP contribution in [0.25, 0.3) is 0 Å². The minimum Gasteiger partial charge on any atom is -0.355 e. The summed E-state index contributed by atoms with van der Waals surface area (Å²) in [7, 11) is 0. The molecule has 0 aromatic heterocycles. The normalized spacial score (nSPS) is 31.9. The molecule has 2 aliphatic heterocycles. The molecule has 0 aliphatic carbocycles. The van der Waals surface area contributed by atoms with Gasteiger partial charge in [-0.3, -0.25) is 4.90 Å². The van der Waals surface area contributed by atoms with Crippen molar-refractivity contribution in [2.45, 2.75) is 38.3 Å². The Bertz CT molecular complexity index is 189. The van der Waals surface area contributed by atoms with Gasteiger partial charge in [-0.05, 0) is 32.4 Å². The zero-order valence-electron chi connectivity index (χ0n) is 10.3. The molecule has 2 saturated heterocycles. The Hall–Kier alpha value is -0.160. The van der Waals surface area contributed by atoms with Gasteiger partial charge in [0.2, 0.25) is 0 Å². The van der Waals surface area contributed by atoms with E-state index < -0.39 is 0 Å². The summed E-state index contributed by atoms with van der Waals surface area (Å²) in [5, 5.41) is 3.48. The third-order valence-electron chi connectivity index (χ3n) is 3.60. The van der Waals surface area contributed by atoms with Crippen LogP contribution in [0.2, 0.25) is 0 Å². The maximum Gasteiger partial charge on any atom is 0.147 e. The molecule has 0 aromatic rings. The summed E-state index contributed by atoms with van der Waals surface area (Å²) in [6.45, 7) is 8.07. The number of nitrogens with one attached hydrogen (secondary N) is 1. The number of ether oxygens (including phenoxy) is 2. The maximum atomic E-state index is 5.62. The van der Waals surface area contributed by atoms with Gasteiger partial charge in [0.15, 0.2) is 0 Å². The number of rotatable bonds is 4. The first-order chi connectivity index (χ1) is 7.90. The highest BCUT2D eigenvalue weighted by Crippen LogP contribution is 2.14. The van der Waals surface area contributed by atoms with Crippen molar-refractivity contribution in [2.75, 3.05) is 39.6 Å². The van der Waals surface area contributed by atoms with Crippen molar-refractivity contribution < 1.29 is 9.47 Å².